The summed E-state index contributed by atoms with van der Waals surface area (Å²) < 4.78 is 0. The lowest BCUT2D eigenvalue weighted by molar-refractivity contribution is 0.475. The van der Waals surface area contributed by atoms with Gasteiger partial charge in [-0.2, -0.15) is 4.98 Å². The van der Waals surface area contributed by atoms with Crippen molar-refractivity contribution in [3.05, 3.63) is 23.2 Å². The molecule has 0 aliphatic carbocycles. The maximum absolute atomic E-state index is 9.43. The molecule has 1 unspecified atom stereocenters. The van der Waals surface area contributed by atoms with Crippen LogP contribution in [0.2, 0.25) is 5.02 Å². The van der Waals surface area contributed by atoms with E-state index in [2.05, 4.69) is 20.1 Å². The second-order valence-corrected chi connectivity index (χ2v) is 5.41. The first-order valence-corrected chi connectivity index (χ1v) is 6.93. The van der Waals surface area contributed by atoms with Crippen LogP contribution in [-0.2, 0) is 0 Å². The minimum absolute atomic E-state index is 0.0529. The van der Waals surface area contributed by atoms with Gasteiger partial charge in [0.25, 0.3) is 0 Å². The van der Waals surface area contributed by atoms with Gasteiger partial charge in [0, 0.05) is 24.7 Å². The number of phenolic OH excluding ortho intramolecular Hbond substituents is 1. The van der Waals surface area contributed by atoms with Crippen LogP contribution < -0.4 is 10.6 Å². The summed E-state index contributed by atoms with van der Waals surface area (Å²) in [5.74, 6) is 1.33. The Labute approximate surface area is 121 Å². The molecule has 6 nitrogen and oxygen atoms in total. The minimum Gasteiger partial charge on any atom is -0.506 e. The van der Waals surface area contributed by atoms with Crippen LogP contribution >= 0.6 is 11.6 Å². The average Bonchev–Trinajstić information content (AvgIpc) is 2.92. The molecule has 0 saturated carbocycles. The van der Waals surface area contributed by atoms with Crippen molar-refractivity contribution in [2.45, 2.75) is 18.9 Å². The zero-order valence-corrected chi connectivity index (χ0v) is 11.6. The normalized spacial score (nSPS) is 19.3. The lowest BCUT2D eigenvalue weighted by Crippen LogP contribution is -2.43. The smallest absolute Gasteiger partial charge is 0.245 e. The summed E-state index contributed by atoms with van der Waals surface area (Å²) in [5, 5.41) is 16.8. The van der Waals surface area contributed by atoms with Gasteiger partial charge >= 0.3 is 0 Å². The van der Waals surface area contributed by atoms with Crippen LogP contribution in [0, 0.1) is 0 Å². The number of piperidine rings is 1. The maximum atomic E-state index is 9.43. The minimum atomic E-state index is 0.0529. The highest BCUT2D eigenvalue weighted by Gasteiger charge is 2.20. The van der Waals surface area contributed by atoms with Gasteiger partial charge in [0.2, 0.25) is 5.95 Å². The first-order chi connectivity index (χ1) is 9.63. The number of aromatic nitrogens is 3. The second-order valence-electron chi connectivity index (χ2n) is 5.00. The second kappa shape index (κ2) is 5.30. The Kier molecular flexibility index (Phi) is 3.50. The molecule has 7 heteroatoms. The monoisotopic (exact) mass is 293 g/mol. The largest absolute Gasteiger partial charge is 0.506 e. The number of rotatable bonds is 2. The third-order valence-corrected chi connectivity index (χ3v) is 3.74. The van der Waals surface area contributed by atoms with Crippen molar-refractivity contribution in [2.24, 2.45) is 5.73 Å². The van der Waals surface area contributed by atoms with Gasteiger partial charge in [-0.25, -0.2) is 0 Å². The molecule has 1 fully saturated rings. The Hall–Kier alpha value is -1.79. The molecule has 0 radical (unpaired) electrons. The van der Waals surface area contributed by atoms with Crippen LogP contribution in [0.3, 0.4) is 0 Å². The molecule has 1 atom stereocenters. The van der Waals surface area contributed by atoms with E-state index in [1.54, 1.807) is 12.1 Å². The summed E-state index contributed by atoms with van der Waals surface area (Å²) >= 11 is 5.90. The Morgan fingerprint density at radius 3 is 3.05 bits per heavy atom. The molecule has 3 rings (SSSR count). The van der Waals surface area contributed by atoms with Crippen LogP contribution in [0.25, 0.3) is 11.4 Å². The molecule has 0 spiro atoms. The highest BCUT2D eigenvalue weighted by atomic mass is 35.5. The lowest BCUT2D eigenvalue weighted by atomic mass is 10.1. The molecule has 1 aromatic heterocycles. The van der Waals surface area contributed by atoms with Crippen molar-refractivity contribution in [3.63, 3.8) is 0 Å². The molecule has 2 aromatic rings. The van der Waals surface area contributed by atoms with E-state index >= 15 is 0 Å². The Balaban J connectivity index is 1.84. The van der Waals surface area contributed by atoms with E-state index in [-0.39, 0.29) is 11.8 Å². The Morgan fingerprint density at radius 1 is 1.45 bits per heavy atom. The summed E-state index contributed by atoms with van der Waals surface area (Å²) in [6, 6.07) is 5.11. The van der Waals surface area contributed by atoms with E-state index in [1.807, 2.05) is 0 Å². The van der Waals surface area contributed by atoms with Crippen LogP contribution in [0.5, 0.6) is 5.75 Å². The fraction of sp³-hybridized carbons (Fsp3) is 0.385. The van der Waals surface area contributed by atoms with Crippen molar-refractivity contribution in [1.82, 2.24) is 15.2 Å². The molecule has 1 aliphatic rings. The summed E-state index contributed by atoms with van der Waals surface area (Å²) in [5.41, 5.74) is 6.75. The number of halogens is 1. The summed E-state index contributed by atoms with van der Waals surface area (Å²) in [6.45, 7) is 1.69. The number of phenols is 1. The van der Waals surface area contributed by atoms with Gasteiger partial charge in [-0.3, -0.25) is 5.10 Å². The lowest BCUT2D eigenvalue weighted by Gasteiger charge is -2.29. The number of H-pyrrole nitrogens is 1. The first-order valence-electron chi connectivity index (χ1n) is 6.55. The third kappa shape index (κ3) is 2.57. The van der Waals surface area contributed by atoms with E-state index in [9.17, 15) is 5.11 Å². The fourth-order valence-electron chi connectivity index (χ4n) is 2.37. The number of nitrogens with two attached hydrogens (primary N) is 1. The predicted molar refractivity (Wildman–Crippen MR) is 77.9 cm³/mol. The highest BCUT2D eigenvalue weighted by molar-refractivity contribution is 6.32. The number of aromatic hydroxyl groups is 1. The number of benzene rings is 1. The zero-order chi connectivity index (χ0) is 14.1. The van der Waals surface area contributed by atoms with Crippen molar-refractivity contribution in [3.8, 4) is 17.1 Å². The number of nitrogens with zero attached hydrogens (tertiary/aromatic N) is 3. The van der Waals surface area contributed by atoms with Crippen LogP contribution in [0.4, 0.5) is 5.95 Å². The van der Waals surface area contributed by atoms with Crippen molar-refractivity contribution < 1.29 is 5.11 Å². The average molecular weight is 294 g/mol. The summed E-state index contributed by atoms with van der Waals surface area (Å²) in [7, 11) is 0. The van der Waals surface area contributed by atoms with Crippen molar-refractivity contribution in [1.29, 1.82) is 0 Å². The van der Waals surface area contributed by atoms with Gasteiger partial charge in [0.15, 0.2) is 5.82 Å². The van der Waals surface area contributed by atoms with Gasteiger partial charge in [0.1, 0.15) is 5.75 Å². The number of anilines is 1. The quantitative estimate of drug-likeness (QED) is 0.785. The molecule has 4 N–H and O–H groups in total. The standard InChI is InChI=1S/C13H16ClN5O/c14-10-6-8(3-4-11(10)20)12-16-13(18-17-12)19-5-1-2-9(15)7-19/h3-4,6,9,20H,1-2,5,7,15H2,(H,16,17,18). The summed E-state index contributed by atoms with van der Waals surface area (Å²) in [6.07, 6.45) is 2.09. The number of hydrogen-bond acceptors (Lipinski definition) is 5. The van der Waals surface area contributed by atoms with Crippen molar-refractivity contribution >= 4 is 17.5 Å². The van der Waals surface area contributed by atoms with Crippen LogP contribution in [0.15, 0.2) is 18.2 Å². The molecule has 20 heavy (non-hydrogen) atoms. The molecular weight excluding hydrogens is 278 g/mol. The van der Waals surface area contributed by atoms with Crippen LogP contribution in [-0.4, -0.2) is 39.4 Å². The molecule has 1 aliphatic heterocycles. The van der Waals surface area contributed by atoms with Gasteiger partial charge in [-0.1, -0.05) is 11.6 Å². The third-order valence-electron chi connectivity index (χ3n) is 3.44. The number of aromatic amines is 1. The highest BCUT2D eigenvalue weighted by Crippen LogP contribution is 2.28. The van der Waals surface area contributed by atoms with Gasteiger partial charge < -0.3 is 15.7 Å². The molecule has 0 bridgehead atoms. The molecule has 1 aromatic carbocycles. The fourth-order valence-corrected chi connectivity index (χ4v) is 2.55. The summed E-state index contributed by atoms with van der Waals surface area (Å²) in [4.78, 5) is 6.55. The van der Waals surface area contributed by atoms with E-state index in [0.717, 1.165) is 31.5 Å². The van der Waals surface area contributed by atoms with Gasteiger partial charge in [-0.15, -0.1) is 5.10 Å². The SMILES string of the molecule is NC1CCCN(c2n[nH]c(-c3ccc(O)c(Cl)c3)n2)C1. The van der Waals surface area contributed by atoms with Crippen LogP contribution in [0.1, 0.15) is 12.8 Å². The van der Waals surface area contributed by atoms with Gasteiger partial charge in [-0.05, 0) is 31.0 Å². The molecule has 0 amide bonds. The predicted octanol–water partition coefficient (Wildman–Crippen LogP) is 1.76. The maximum Gasteiger partial charge on any atom is 0.245 e. The molecule has 2 heterocycles. The Morgan fingerprint density at radius 2 is 2.30 bits per heavy atom. The van der Waals surface area contributed by atoms with Crippen molar-refractivity contribution in [2.75, 3.05) is 18.0 Å². The molecule has 106 valence electrons. The van der Waals surface area contributed by atoms with Gasteiger partial charge in [0.05, 0.1) is 5.02 Å². The van der Waals surface area contributed by atoms with E-state index < -0.39 is 0 Å². The topological polar surface area (TPSA) is 91.1 Å². The molecular formula is C13H16ClN5O. The first kappa shape index (κ1) is 13.2. The molecule has 1 saturated heterocycles. The number of nitrogens with one attached hydrogen (secondary N) is 1. The number of hydrogen-bond donors (Lipinski definition) is 3. The van der Waals surface area contributed by atoms with E-state index in [1.165, 1.54) is 6.07 Å². The Bertz CT molecular complexity index is 615. The zero-order valence-electron chi connectivity index (χ0n) is 10.9. The van der Waals surface area contributed by atoms with E-state index in [4.69, 9.17) is 17.3 Å². The van der Waals surface area contributed by atoms with E-state index in [0.29, 0.717) is 16.8 Å².